The number of halogens is 5. The molecule has 0 aromatic heterocycles. The van der Waals surface area contributed by atoms with Crippen LogP contribution >= 0.6 is 38.7 Å². The first-order valence-electron chi connectivity index (χ1n) is 14.3. The van der Waals surface area contributed by atoms with Crippen LogP contribution in [0.4, 0.5) is 21.0 Å². The lowest BCUT2D eigenvalue weighted by molar-refractivity contribution is 0.520. The molecule has 1 heterocycles. The van der Waals surface area contributed by atoms with E-state index >= 15 is 21.0 Å². The number of benzene rings is 5. The minimum Gasteiger partial charge on any atom is -0.419 e. The lowest BCUT2D eigenvalue weighted by Crippen LogP contribution is -1.96. The molecule has 0 amide bonds. The summed E-state index contributed by atoms with van der Waals surface area (Å²) in [6.45, 7) is 0. The van der Waals surface area contributed by atoms with Crippen LogP contribution in [0.5, 0.6) is 28.7 Å². The smallest absolute Gasteiger partial charge is 0.419 e. The van der Waals surface area contributed by atoms with Crippen molar-refractivity contribution in [2.75, 3.05) is 0 Å². The van der Waals surface area contributed by atoms with Crippen molar-refractivity contribution < 1.29 is 43.6 Å². The molecular weight excluding hydrogens is 760 g/mol. The lowest BCUT2D eigenvalue weighted by Gasteiger charge is -2.23. The van der Waals surface area contributed by atoms with E-state index in [9.17, 15) is 0 Å². The molecule has 0 bridgehead atoms. The molecule has 0 saturated carbocycles. The van der Waals surface area contributed by atoms with Crippen LogP contribution < -0.4 is 22.6 Å². The Morgan fingerprint density at radius 3 is 0.540 bits per heavy atom. The minimum atomic E-state index is -5.79. The number of hydrogen-bond donors (Lipinski definition) is 0. The van der Waals surface area contributed by atoms with Gasteiger partial charge in [-0.3, -0.25) is 0 Å². The van der Waals surface area contributed by atoms with Crippen LogP contribution in [-0.2, 0) is 0 Å². The Hall–Kier alpha value is -4.10. The SMILES string of the molecule is FP1(Oc2ccccc2)=NP(F)(Oc2ccccc2)=NP(F)(Oc2ccccc2)=NP(F)(Oc2ccccc2)=NP(F)(Oc2ccccc2)=N1. The van der Waals surface area contributed by atoms with E-state index in [0.29, 0.717) is 0 Å². The molecule has 20 heteroatoms. The van der Waals surface area contributed by atoms with Crippen molar-refractivity contribution in [1.29, 1.82) is 0 Å². The van der Waals surface area contributed by atoms with Gasteiger partial charge in [-0.15, -0.1) is 43.6 Å². The van der Waals surface area contributed by atoms with Crippen LogP contribution in [0.2, 0.25) is 0 Å². The zero-order chi connectivity index (χ0) is 35.1. The van der Waals surface area contributed by atoms with Crippen LogP contribution in [0.25, 0.3) is 0 Å². The summed E-state index contributed by atoms with van der Waals surface area (Å²) in [5, 5.41) is 0. The van der Waals surface area contributed by atoms with E-state index in [0.717, 1.165) is 0 Å². The van der Waals surface area contributed by atoms with Crippen LogP contribution in [0.15, 0.2) is 174 Å². The first-order chi connectivity index (χ1) is 23.9. The average molecular weight is 785 g/mol. The third-order valence-corrected chi connectivity index (χ3v) is 17.0. The lowest BCUT2D eigenvalue weighted by atomic mass is 10.3. The molecule has 1 aliphatic rings. The largest absolute Gasteiger partial charge is 0.443 e. The van der Waals surface area contributed by atoms with Crippen LogP contribution in [0.3, 0.4) is 0 Å². The zero-order valence-corrected chi connectivity index (χ0v) is 29.8. The normalized spacial score (nSPS) is 27.7. The highest BCUT2D eigenvalue weighted by Crippen LogP contribution is 2.81. The van der Waals surface area contributed by atoms with Gasteiger partial charge in [-0.2, -0.15) is 0 Å². The van der Waals surface area contributed by atoms with Crippen molar-refractivity contribution in [2.24, 2.45) is 22.6 Å². The maximum atomic E-state index is 17.3. The molecule has 260 valence electrons. The van der Waals surface area contributed by atoms with E-state index < -0.39 is 38.7 Å². The highest BCUT2D eigenvalue weighted by molar-refractivity contribution is 7.78. The van der Waals surface area contributed by atoms with Crippen molar-refractivity contribution in [1.82, 2.24) is 0 Å². The van der Waals surface area contributed by atoms with E-state index in [1.54, 1.807) is 30.3 Å². The third kappa shape index (κ3) is 9.78. The van der Waals surface area contributed by atoms with E-state index in [1.807, 2.05) is 0 Å². The van der Waals surface area contributed by atoms with E-state index in [-0.39, 0.29) is 28.7 Å². The second kappa shape index (κ2) is 15.0. The summed E-state index contributed by atoms with van der Waals surface area (Å²) in [5.41, 5.74) is 0. The molecule has 1 aliphatic heterocycles. The first kappa shape index (κ1) is 35.7. The van der Waals surface area contributed by atoms with E-state index in [1.165, 1.54) is 121 Å². The van der Waals surface area contributed by atoms with Crippen LogP contribution in [-0.4, -0.2) is 0 Å². The topological polar surface area (TPSA) is 108 Å². The van der Waals surface area contributed by atoms with Crippen LogP contribution in [0, 0.1) is 0 Å². The Balaban J connectivity index is 1.71. The van der Waals surface area contributed by atoms with Gasteiger partial charge in [-0.1, -0.05) is 91.0 Å². The summed E-state index contributed by atoms with van der Waals surface area (Å²) in [6, 6.07) is 34.6. The number of nitrogens with zero attached hydrogens (tertiary/aromatic N) is 5. The van der Waals surface area contributed by atoms with Crippen molar-refractivity contribution in [3.05, 3.63) is 152 Å². The van der Waals surface area contributed by atoms with Gasteiger partial charge >= 0.3 is 38.7 Å². The maximum absolute atomic E-state index is 17.3. The average Bonchev–Trinajstić information content (AvgIpc) is 3.05. The number of hydrogen-bond acceptors (Lipinski definition) is 10. The standard InChI is InChI=1S/C30H25F5N5O5P5/c31-46(41-26-16-6-1-7-17-26)36-47(32,42-27-18-8-2-9-19-27)38-49(34,44-29-22-12-4-13-23-29)40-50(35,45-30-24-14-5-15-25-30)39-48(33,37-46)43-28-20-10-3-11-21-28/h1-25H. The van der Waals surface area contributed by atoms with Crippen molar-refractivity contribution in [2.45, 2.75) is 0 Å². The van der Waals surface area contributed by atoms with Gasteiger partial charge in [0.2, 0.25) is 0 Å². The summed E-state index contributed by atoms with van der Waals surface area (Å²) in [5.74, 6) is -1.46. The summed E-state index contributed by atoms with van der Waals surface area (Å²) in [4.78, 5) is 0. The summed E-state index contributed by atoms with van der Waals surface area (Å²) in [7, 11) is -28.9. The molecule has 5 aromatic rings. The second-order valence-corrected chi connectivity index (χ2v) is 19.1. The van der Waals surface area contributed by atoms with E-state index in [2.05, 4.69) is 22.6 Å². The first-order valence-corrected chi connectivity index (χ1v) is 21.8. The molecule has 0 unspecified atom stereocenters. The quantitative estimate of drug-likeness (QED) is 0.103. The van der Waals surface area contributed by atoms with Crippen molar-refractivity contribution in [3.63, 3.8) is 0 Å². The van der Waals surface area contributed by atoms with Gasteiger partial charge in [0.15, 0.2) is 0 Å². The van der Waals surface area contributed by atoms with Crippen molar-refractivity contribution >= 4 is 38.7 Å². The van der Waals surface area contributed by atoms with Gasteiger partial charge in [-0.25, -0.2) is 0 Å². The van der Waals surface area contributed by atoms with E-state index in [4.69, 9.17) is 22.6 Å². The molecule has 50 heavy (non-hydrogen) atoms. The maximum Gasteiger partial charge on any atom is 0.443 e. The van der Waals surface area contributed by atoms with Gasteiger partial charge in [-0.05, 0) is 60.7 Å². The Kier molecular flexibility index (Phi) is 10.7. The molecule has 0 aliphatic carbocycles. The predicted molar refractivity (Wildman–Crippen MR) is 188 cm³/mol. The van der Waals surface area contributed by atoms with Gasteiger partial charge in [0.1, 0.15) is 28.7 Å². The zero-order valence-electron chi connectivity index (χ0n) is 25.3. The molecule has 10 nitrogen and oxygen atoms in total. The molecule has 0 atom stereocenters. The fraction of sp³-hybridized carbons (Fsp3) is 0. The van der Waals surface area contributed by atoms with Gasteiger partial charge in [0, 0.05) is 0 Å². The molecule has 0 saturated heterocycles. The fourth-order valence-corrected chi connectivity index (χ4v) is 15.2. The summed E-state index contributed by atoms with van der Waals surface area (Å²) < 4.78 is 131. The second-order valence-electron chi connectivity index (χ2n) is 9.83. The Morgan fingerprint density at radius 2 is 0.400 bits per heavy atom. The highest BCUT2D eigenvalue weighted by Gasteiger charge is 2.45. The Morgan fingerprint density at radius 1 is 0.260 bits per heavy atom. The van der Waals surface area contributed by atoms with Crippen molar-refractivity contribution in [3.8, 4) is 28.7 Å². The monoisotopic (exact) mass is 785 g/mol. The fourth-order valence-electron chi connectivity index (χ4n) is 4.03. The highest BCUT2D eigenvalue weighted by atomic mass is 31.3. The molecule has 0 radical (unpaired) electrons. The summed E-state index contributed by atoms with van der Waals surface area (Å²) >= 11 is 0. The summed E-state index contributed by atoms with van der Waals surface area (Å²) in [6.07, 6.45) is 0. The molecule has 0 fully saturated rings. The molecule has 0 N–H and O–H groups in total. The number of para-hydroxylation sites is 5. The van der Waals surface area contributed by atoms with Crippen LogP contribution in [0.1, 0.15) is 0 Å². The van der Waals surface area contributed by atoms with Gasteiger partial charge in [0.05, 0.1) is 0 Å². The Labute approximate surface area is 284 Å². The molecule has 5 aromatic carbocycles. The molecule has 6 rings (SSSR count). The predicted octanol–water partition coefficient (Wildman–Crippen LogP) is 15.0. The van der Waals surface area contributed by atoms with Gasteiger partial charge < -0.3 is 22.6 Å². The van der Waals surface area contributed by atoms with Gasteiger partial charge in [0.25, 0.3) is 0 Å². The number of rotatable bonds is 10. The molecular formula is C30H25F5N5O5P5. The molecule has 0 spiro atoms. The third-order valence-electron chi connectivity index (χ3n) is 5.93. The minimum absolute atomic E-state index is 0.293. The Bertz CT molecular complexity index is 1830.